The van der Waals surface area contributed by atoms with E-state index in [1.807, 2.05) is 0 Å². The van der Waals surface area contributed by atoms with Gasteiger partial charge in [0.25, 0.3) is 0 Å². The fourth-order valence-electron chi connectivity index (χ4n) is 4.62. The van der Waals surface area contributed by atoms with Gasteiger partial charge in [0.05, 0.1) is 23.8 Å². The number of aliphatic hydroxyl groups excluding tert-OH is 1. The van der Waals surface area contributed by atoms with Crippen molar-refractivity contribution in [1.29, 1.82) is 0 Å². The van der Waals surface area contributed by atoms with Crippen LogP contribution in [0, 0.1) is 17.8 Å². The summed E-state index contributed by atoms with van der Waals surface area (Å²) in [6, 6.07) is 0. The summed E-state index contributed by atoms with van der Waals surface area (Å²) in [5, 5.41) is 31.3. The molecule has 1 saturated heterocycles. The normalized spacial score (nSPS) is 41.1. The van der Waals surface area contributed by atoms with Crippen molar-refractivity contribution in [1.82, 2.24) is 0 Å². The first-order valence-corrected chi connectivity index (χ1v) is 10.2. The van der Waals surface area contributed by atoms with Crippen LogP contribution in [0.5, 0.6) is 0 Å². The summed E-state index contributed by atoms with van der Waals surface area (Å²) in [5.74, 6) is -5.21. The zero-order valence-electron chi connectivity index (χ0n) is 15.8. The zero-order valence-corrected chi connectivity index (χ0v) is 17.4. The molecule has 0 spiro atoms. The van der Waals surface area contributed by atoms with E-state index >= 15 is 0 Å². The lowest BCUT2D eigenvalue weighted by molar-refractivity contribution is -0.158. The summed E-state index contributed by atoms with van der Waals surface area (Å²) in [7, 11) is 0. The predicted octanol–water partition coefficient (Wildman–Crippen LogP) is 1.48. The molecule has 2 aliphatic carbocycles. The highest BCUT2D eigenvalue weighted by Crippen LogP contribution is 2.55. The van der Waals surface area contributed by atoms with Gasteiger partial charge in [0.2, 0.25) is 5.79 Å². The molecule has 8 atom stereocenters. The first-order chi connectivity index (χ1) is 13.4. The number of hydrogen-bond acceptors (Lipinski definition) is 8. The first kappa shape index (κ1) is 22.4. The van der Waals surface area contributed by atoms with Gasteiger partial charge in [0.15, 0.2) is 0 Å². The summed E-state index contributed by atoms with van der Waals surface area (Å²) in [4.78, 5) is 24.5. The van der Waals surface area contributed by atoms with Crippen molar-refractivity contribution in [3.8, 4) is 0 Å². The van der Waals surface area contributed by atoms with Crippen molar-refractivity contribution in [2.45, 2.75) is 49.5 Å². The molecule has 29 heavy (non-hydrogen) atoms. The highest BCUT2D eigenvalue weighted by molar-refractivity contribution is 6.18. The lowest BCUT2D eigenvalue weighted by atomic mass is 9.76. The number of hydrogen-bond donors (Lipinski definition) is 3. The van der Waals surface area contributed by atoms with Gasteiger partial charge in [-0.2, -0.15) is 0 Å². The molecule has 0 aromatic heterocycles. The Labute approximate surface area is 178 Å². The van der Waals surface area contributed by atoms with Crippen LogP contribution in [0.3, 0.4) is 0 Å². The van der Waals surface area contributed by atoms with E-state index in [9.17, 15) is 24.9 Å². The number of alkyl halides is 2. The van der Waals surface area contributed by atoms with Gasteiger partial charge in [-0.3, -0.25) is 0 Å². The van der Waals surface area contributed by atoms with Gasteiger partial charge in [-0.25, -0.2) is 9.59 Å². The Balaban J connectivity index is 1.94. The van der Waals surface area contributed by atoms with Crippen molar-refractivity contribution in [2.75, 3.05) is 11.8 Å². The molecule has 10 heteroatoms. The summed E-state index contributed by atoms with van der Waals surface area (Å²) >= 11 is 11.5. The van der Waals surface area contributed by atoms with E-state index in [2.05, 4.69) is 13.2 Å². The van der Waals surface area contributed by atoms with Crippen LogP contribution in [-0.2, 0) is 19.0 Å². The molecule has 0 aromatic rings. The summed E-state index contributed by atoms with van der Waals surface area (Å²) in [5.41, 5.74) is -1.03. The number of aliphatic hydroxyl groups is 3. The van der Waals surface area contributed by atoms with E-state index in [-0.39, 0.29) is 30.2 Å². The van der Waals surface area contributed by atoms with Gasteiger partial charge in [0.1, 0.15) is 17.8 Å². The molecule has 8 unspecified atom stereocenters. The van der Waals surface area contributed by atoms with Gasteiger partial charge in [-0.05, 0) is 12.3 Å². The van der Waals surface area contributed by atoms with Gasteiger partial charge in [0, 0.05) is 24.8 Å². The monoisotopic (exact) mass is 450 g/mol. The average Bonchev–Trinajstić information content (AvgIpc) is 3.03. The minimum absolute atomic E-state index is 0.0728. The van der Waals surface area contributed by atoms with Crippen LogP contribution >= 0.6 is 23.2 Å². The quantitative estimate of drug-likeness (QED) is 0.193. The lowest BCUT2D eigenvalue weighted by Crippen LogP contribution is -2.52. The van der Waals surface area contributed by atoms with Gasteiger partial charge >= 0.3 is 12.1 Å². The number of fused-ring (bicyclic) bond motifs is 3. The van der Waals surface area contributed by atoms with Crippen LogP contribution in [0.25, 0.3) is 0 Å². The number of rotatable bonds is 4. The molecular formula is C19H24Cl2O8. The van der Waals surface area contributed by atoms with Crippen molar-refractivity contribution in [3.63, 3.8) is 0 Å². The Morgan fingerprint density at radius 1 is 1.41 bits per heavy atom. The number of carbonyl (C=O) groups excluding carboxylic acids is 2. The topological polar surface area (TPSA) is 123 Å². The molecular weight excluding hydrogens is 427 g/mol. The molecule has 8 nitrogen and oxygen atoms in total. The minimum atomic E-state index is -1.93. The highest BCUT2D eigenvalue weighted by Gasteiger charge is 2.64. The second kappa shape index (κ2) is 7.74. The largest absolute Gasteiger partial charge is 0.511 e. The molecule has 3 rings (SSSR count). The Hall–Kier alpha value is -1.32. The van der Waals surface area contributed by atoms with E-state index in [1.54, 1.807) is 0 Å². The van der Waals surface area contributed by atoms with E-state index in [1.165, 1.54) is 6.92 Å². The van der Waals surface area contributed by atoms with E-state index in [0.29, 0.717) is 5.57 Å². The fourth-order valence-corrected chi connectivity index (χ4v) is 5.03. The SMILES string of the molecule is C=C1CC(OC(=O)OC(C)(O)CCl)C2C(=C)C(=O)OC2C2C1CC(O)C2(O)CCl. The average molecular weight is 451 g/mol. The van der Waals surface area contributed by atoms with Crippen LogP contribution in [0.15, 0.2) is 24.3 Å². The molecule has 0 bridgehead atoms. The molecule has 3 N–H and O–H groups in total. The standard InChI is InChI=1S/C19H24Cl2O8/c1-8-4-11(27-17(24)29-18(3,25)6-20)13-9(2)16(23)28-15(13)14-10(8)5-12(22)19(14,26)7-21/h10-15,22,25-26H,1-2,4-7H2,3H3. The molecule has 3 fully saturated rings. The Kier molecular flexibility index (Phi) is 5.97. The second-order valence-electron chi connectivity index (χ2n) is 8.11. The third-order valence-corrected chi connectivity index (χ3v) is 7.01. The third kappa shape index (κ3) is 3.77. The maximum absolute atomic E-state index is 12.3. The number of carbonyl (C=O) groups is 2. The van der Waals surface area contributed by atoms with Crippen molar-refractivity contribution >= 4 is 35.3 Å². The van der Waals surface area contributed by atoms with Crippen molar-refractivity contribution < 1.29 is 39.1 Å². The minimum Gasteiger partial charge on any atom is -0.458 e. The van der Waals surface area contributed by atoms with Crippen LogP contribution in [-0.4, -0.2) is 68.9 Å². The van der Waals surface area contributed by atoms with Gasteiger partial charge in [-0.15, -0.1) is 23.2 Å². The molecule has 2 saturated carbocycles. The number of ether oxygens (including phenoxy) is 3. The summed E-state index contributed by atoms with van der Waals surface area (Å²) in [6.07, 6.45) is -3.86. The Morgan fingerprint density at radius 2 is 2.07 bits per heavy atom. The summed E-state index contributed by atoms with van der Waals surface area (Å²) < 4.78 is 15.7. The maximum Gasteiger partial charge on any atom is 0.511 e. The molecule has 162 valence electrons. The number of esters is 1. The molecule has 3 aliphatic rings. The highest BCUT2D eigenvalue weighted by atomic mass is 35.5. The van der Waals surface area contributed by atoms with Crippen LogP contribution < -0.4 is 0 Å². The Morgan fingerprint density at radius 3 is 2.66 bits per heavy atom. The predicted molar refractivity (Wildman–Crippen MR) is 102 cm³/mol. The van der Waals surface area contributed by atoms with Crippen LogP contribution in [0.1, 0.15) is 19.8 Å². The maximum atomic E-state index is 12.3. The lowest BCUT2D eigenvalue weighted by Gasteiger charge is -2.37. The smallest absolute Gasteiger partial charge is 0.458 e. The molecule has 1 heterocycles. The van der Waals surface area contributed by atoms with Crippen LogP contribution in [0.2, 0.25) is 0 Å². The van der Waals surface area contributed by atoms with E-state index < -0.39 is 59.6 Å². The summed E-state index contributed by atoms with van der Waals surface area (Å²) in [6.45, 7) is 8.99. The second-order valence-corrected chi connectivity index (χ2v) is 8.64. The van der Waals surface area contributed by atoms with E-state index in [0.717, 1.165) is 0 Å². The van der Waals surface area contributed by atoms with Crippen molar-refractivity contribution in [3.05, 3.63) is 24.3 Å². The van der Waals surface area contributed by atoms with Crippen molar-refractivity contribution in [2.24, 2.45) is 17.8 Å². The molecule has 1 aliphatic heterocycles. The Bertz CT molecular complexity index is 738. The third-order valence-electron chi connectivity index (χ3n) is 6.08. The van der Waals surface area contributed by atoms with Gasteiger partial charge < -0.3 is 29.5 Å². The molecule has 0 amide bonds. The first-order valence-electron chi connectivity index (χ1n) is 9.17. The zero-order chi connectivity index (χ0) is 21.7. The fraction of sp³-hybridized carbons (Fsp3) is 0.684. The van der Waals surface area contributed by atoms with E-state index in [4.69, 9.17) is 37.4 Å². The van der Waals surface area contributed by atoms with Gasteiger partial charge in [-0.1, -0.05) is 18.7 Å². The van der Waals surface area contributed by atoms with Crippen LogP contribution in [0.4, 0.5) is 4.79 Å². The molecule has 0 aromatic carbocycles. The molecule has 0 radical (unpaired) electrons. The number of halogens is 2.